The summed E-state index contributed by atoms with van der Waals surface area (Å²) in [5.74, 6) is 0. The van der Waals surface area contributed by atoms with Crippen LogP contribution in [-0.2, 0) is 0 Å². The van der Waals surface area contributed by atoms with E-state index < -0.39 is 0 Å². The number of fused-ring (bicyclic) bond motifs is 9. The minimum Gasteiger partial charge on any atom is -0.456 e. The van der Waals surface area contributed by atoms with E-state index in [4.69, 9.17) is 8.83 Å². The van der Waals surface area contributed by atoms with E-state index in [1.807, 2.05) is 12.1 Å². The maximum absolute atomic E-state index is 6.38. The maximum atomic E-state index is 6.38. The fourth-order valence-electron chi connectivity index (χ4n) is 8.01. The van der Waals surface area contributed by atoms with Gasteiger partial charge in [-0.05, 0) is 106 Å². The van der Waals surface area contributed by atoms with Crippen molar-refractivity contribution in [3.63, 3.8) is 0 Å². The second kappa shape index (κ2) is 10.8. The average molecular weight is 652 g/mol. The third kappa shape index (κ3) is 4.32. The number of benzene rings is 8. The van der Waals surface area contributed by atoms with Crippen LogP contribution in [0.1, 0.15) is 0 Å². The largest absolute Gasteiger partial charge is 0.456 e. The summed E-state index contributed by atoms with van der Waals surface area (Å²) >= 11 is 0. The van der Waals surface area contributed by atoms with Crippen molar-refractivity contribution in [3.8, 4) is 39.1 Å². The molecule has 0 bridgehead atoms. The summed E-state index contributed by atoms with van der Waals surface area (Å²) in [7, 11) is 0. The minimum atomic E-state index is 0.894. The lowest BCUT2D eigenvalue weighted by Crippen LogP contribution is -1.93. The van der Waals surface area contributed by atoms with Crippen LogP contribution in [0, 0.1) is 0 Å². The topological polar surface area (TPSA) is 31.2 Å². The third-order valence-electron chi connectivity index (χ3n) is 10.4. The quantitative estimate of drug-likeness (QED) is 0.190. The molecule has 0 amide bonds. The summed E-state index contributed by atoms with van der Waals surface area (Å²) in [6.45, 7) is 0. The van der Waals surface area contributed by atoms with Gasteiger partial charge < -0.3 is 13.4 Å². The summed E-state index contributed by atoms with van der Waals surface area (Å²) < 4.78 is 14.9. The molecular weight excluding hydrogens is 623 g/mol. The number of para-hydroxylation sites is 2. The maximum Gasteiger partial charge on any atom is 0.136 e. The first-order valence-electron chi connectivity index (χ1n) is 17.3. The Kier molecular flexibility index (Phi) is 5.96. The lowest BCUT2D eigenvalue weighted by molar-refractivity contribution is 0.668. The van der Waals surface area contributed by atoms with Gasteiger partial charge in [0.25, 0.3) is 0 Å². The van der Waals surface area contributed by atoms with E-state index in [2.05, 4.69) is 168 Å². The highest BCUT2D eigenvalue weighted by Crippen LogP contribution is 2.41. The van der Waals surface area contributed by atoms with E-state index in [1.165, 1.54) is 49.6 Å². The fraction of sp³-hybridized carbons (Fsp3) is 0. The highest BCUT2D eigenvalue weighted by atomic mass is 16.3. The number of nitrogens with zero attached hydrogens (tertiary/aromatic N) is 1. The van der Waals surface area contributed by atoms with Gasteiger partial charge in [0, 0.05) is 38.0 Å². The standard InChI is InChI=1S/C48H29NO2/c1-3-10-30(11-4-1)36-15-9-17-47-48(36)41-29-34(21-25-46(41)51-47)32-19-23-43-39(27-32)38-26-31(18-22-42(38)49(43)35-12-5-2-6-13-35)33-20-24-45-40(28-33)37-14-7-8-16-44(37)50-45/h1-29H. The molecule has 0 unspecified atom stereocenters. The first-order valence-corrected chi connectivity index (χ1v) is 17.3. The van der Waals surface area contributed by atoms with Gasteiger partial charge in [0.2, 0.25) is 0 Å². The predicted octanol–water partition coefficient (Wildman–Crippen LogP) is 13.6. The summed E-state index contributed by atoms with van der Waals surface area (Å²) in [6.07, 6.45) is 0. The molecule has 8 aromatic carbocycles. The summed E-state index contributed by atoms with van der Waals surface area (Å²) in [4.78, 5) is 0. The molecule has 0 spiro atoms. The highest BCUT2D eigenvalue weighted by Gasteiger charge is 2.17. The van der Waals surface area contributed by atoms with Crippen LogP contribution in [0.4, 0.5) is 0 Å². The molecule has 3 heterocycles. The summed E-state index contributed by atoms with van der Waals surface area (Å²) in [6, 6.07) is 62.7. The molecule has 0 radical (unpaired) electrons. The van der Waals surface area contributed by atoms with Crippen molar-refractivity contribution in [2.75, 3.05) is 0 Å². The van der Waals surface area contributed by atoms with Crippen molar-refractivity contribution < 1.29 is 8.83 Å². The van der Waals surface area contributed by atoms with Crippen LogP contribution in [0.15, 0.2) is 185 Å². The molecule has 0 fully saturated rings. The van der Waals surface area contributed by atoms with Crippen molar-refractivity contribution in [1.82, 2.24) is 4.57 Å². The van der Waals surface area contributed by atoms with Crippen LogP contribution in [-0.4, -0.2) is 4.57 Å². The van der Waals surface area contributed by atoms with Crippen molar-refractivity contribution in [1.29, 1.82) is 0 Å². The molecular formula is C48H29NO2. The normalized spacial score (nSPS) is 11.9. The third-order valence-corrected chi connectivity index (χ3v) is 10.4. The average Bonchev–Trinajstić information content (AvgIpc) is 3.87. The Hall–Kier alpha value is -6.84. The van der Waals surface area contributed by atoms with Crippen molar-refractivity contribution >= 4 is 65.7 Å². The second-order valence-corrected chi connectivity index (χ2v) is 13.3. The van der Waals surface area contributed by atoms with Gasteiger partial charge in [0.05, 0.1) is 11.0 Å². The molecule has 11 rings (SSSR count). The van der Waals surface area contributed by atoms with Crippen LogP contribution >= 0.6 is 0 Å². The van der Waals surface area contributed by atoms with E-state index in [9.17, 15) is 0 Å². The zero-order chi connectivity index (χ0) is 33.5. The SMILES string of the molecule is c1ccc(-c2cccc3oc4ccc(-c5ccc6c(c5)c5cc(-c7ccc8oc9ccccc9c8c7)ccc5n6-c5ccccc5)cc4c23)cc1. The van der Waals surface area contributed by atoms with Gasteiger partial charge in [-0.25, -0.2) is 0 Å². The van der Waals surface area contributed by atoms with Gasteiger partial charge in [-0.15, -0.1) is 0 Å². The summed E-state index contributed by atoms with van der Waals surface area (Å²) in [5, 5.41) is 6.97. The fourth-order valence-corrected chi connectivity index (χ4v) is 8.01. The second-order valence-electron chi connectivity index (χ2n) is 13.3. The Labute approximate surface area is 293 Å². The molecule has 3 nitrogen and oxygen atoms in total. The Morgan fingerprint density at radius 3 is 1.53 bits per heavy atom. The number of rotatable bonds is 4. The molecule has 0 aliphatic carbocycles. The Balaban J connectivity index is 1.12. The highest BCUT2D eigenvalue weighted by molar-refractivity contribution is 6.15. The van der Waals surface area contributed by atoms with Crippen LogP contribution in [0.2, 0.25) is 0 Å². The van der Waals surface area contributed by atoms with E-state index >= 15 is 0 Å². The number of hydrogen-bond donors (Lipinski definition) is 0. The smallest absolute Gasteiger partial charge is 0.136 e. The van der Waals surface area contributed by atoms with E-state index in [-0.39, 0.29) is 0 Å². The molecule has 0 N–H and O–H groups in total. The molecule has 0 atom stereocenters. The number of hydrogen-bond acceptors (Lipinski definition) is 2. The van der Waals surface area contributed by atoms with Gasteiger partial charge in [-0.3, -0.25) is 0 Å². The molecule has 238 valence electrons. The van der Waals surface area contributed by atoms with Crippen molar-refractivity contribution in [3.05, 3.63) is 176 Å². The number of aromatic nitrogens is 1. The van der Waals surface area contributed by atoms with E-state index in [0.717, 1.165) is 55.1 Å². The molecule has 51 heavy (non-hydrogen) atoms. The zero-order valence-corrected chi connectivity index (χ0v) is 27.5. The lowest BCUT2D eigenvalue weighted by Gasteiger charge is -2.09. The molecule has 11 aromatic rings. The summed E-state index contributed by atoms with van der Waals surface area (Å²) in [5.41, 5.74) is 14.1. The van der Waals surface area contributed by atoms with Crippen LogP contribution in [0.25, 0.3) is 105 Å². The Bertz CT molecular complexity index is 3130. The molecule has 0 saturated heterocycles. The number of furan rings is 2. The molecule has 0 aliphatic rings. The van der Waals surface area contributed by atoms with Crippen LogP contribution < -0.4 is 0 Å². The van der Waals surface area contributed by atoms with E-state index in [0.29, 0.717) is 0 Å². The minimum absolute atomic E-state index is 0.894. The Morgan fingerprint density at radius 2 is 0.824 bits per heavy atom. The molecule has 0 aliphatic heterocycles. The van der Waals surface area contributed by atoms with Crippen LogP contribution in [0.3, 0.4) is 0 Å². The first kappa shape index (κ1) is 28.0. The van der Waals surface area contributed by atoms with Gasteiger partial charge in [0.15, 0.2) is 0 Å². The predicted molar refractivity (Wildman–Crippen MR) is 212 cm³/mol. The van der Waals surface area contributed by atoms with Gasteiger partial charge in [-0.1, -0.05) is 103 Å². The van der Waals surface area contributed by atoms with Crippen molar-refractivity contribution in [2.45, 2.75) is 0 Å². The molecule has 0 saturated carbocycles. The zero-order valence-electron chi connectivity index (χ0n) is 27.5. The monoisotopic (exact) mass is 651 g/mol. The van der Waals surface area contributed by atoms with E-state index in [1.54, 1.807) is 0 Å². The van der Waals surface area contributed by atoms with Crippen LogP contribution in [0.5, 0.6) is 0 Å². The lowest BCUT2D eigenvalue weighted by atomic mass is 9.96. The van der Waals surface area contributed by atoms with Gasteiger partial charge >= 0.3 is 0 Å². The Morgan fingerprint density at radius 1 is 0.314 bits per heavy atom. The molecule has 3 aromatic heterocycles. The first-order chi connectivity index (χ1) is 25.3. The molecule has 3 heteroatoms. The van der Waals surface area contributed by atoms with Gasteiger partial charge in [0.1, 0.15) is 22.3 Å². The van der Waals surface area contributed by atoms with Crippen molar-refractivity contribution in [2.24, 2.45) is 0 Å². The van der Waals surface area contributed by atoms with Gasteiger partial charge in [-0.2, -0.15) is 0 Å².